The molecule has 0 radical (unpaired) electrons. The molecular formula is C13H16N4O. The first-order valence-electron chi connectivity index (χ1n) is 5.82. The number of rotatable bonds is 5. The van der Waals surface area contributed by atoms with E-state index in [1.165, 1.54) is 0 Å². The fourth-order valence-corrected chi connectivity index (χ4v) is 1.66. The number of nitrogens with two attached hydrogens (primary N) is 1. The predicted molar refractivity (Wildman–Crippen MR) is 69.8 cm³/mol. The Morgan fingerprint density at radius 1 is 1.33 bits per heavy atom. The first-order chi connectivity index (χ1) is 8.74. The van der Waals surface area contributed by atoms with E-state index < -0.39 is 0 Å². The molecule has 0 fully saturated rings. The lowest BCUT2D eigenvalue weighted by Crippen LogP contribution is -2.28. The predicted octanol–water partition coefficient (Wildman–Crippen LogP) is 0.824. The molecule has 1 heterocycles. The minimum atomic E-state index is 0.0151. The van der Waals surface area contributed by atoms with Crippen LogP contribution in [0.1, 0.15) is 5.56 Å². The third kappa shape index (κ3) is 3.62. The maximum Gasteiger partial charge on any atom is 0.224 e. The molecule has 0 aliphatic rings. The smallest absolute Gasteiger partial charge is 0.224 e. The summed E-state index contributed by atoms with van der Waals surface area (Å²) in [7, 11) is 0. The summed E-state index contributed by atoms with van der Waals surface area (Å²) in [6.07, 6.45) is 3.73. The molecule has 0 bridgehead atoms. The molecule has 0 saturated heterocycles. The highest BCUT2D eigenvalue weighted by Gasteiger charge is 2.02. The molecule has 1 aromatic heterocycles. The maximum absolute atomic E-state index is 11.6. The summed E-state index contributed by atoms with van der Waals surface area (Å²) < 4.78 is 1.71. The summed E-state index contributed by atoms with van der Waals surface area (Å²) in [5, 5.41) is 6.89. The molecule has 3 N–H and O–H groups in total. The first kappa shape index (κ1) is 12.2. The van der Waals surface area contributed by atoms with Crippen molar-refractivity contribution in [2.24, 2.45) is 0 Å². The Hall–Kier alpha value is -2.30. The third-order valence-corrected chi connectivity index (χ3v) is 2.52. The number of hydrogen-bond acceptors (Lipinski definition) is 3. The monoisotopic (exact) mass is 244 g/mol. The highest BCUT2D eigenvalue weighted by atomic mass is 16.1. The summed E-state index contributed by atoms with van der Waals surface area (Å²) in [4.78, 5) is 11.6. The van der Waals surface area contributed by atoms with E-state index in [9.17, 15) is 4.79 Å². The normalized spacial score (nSPS) is 10.2. The van der Waals surface area contributed by atoms with Gasteiger partial charge in [-0.2, -0.15) is 5.10 Å². The van der Waals surface area contributed by atoms with Gasteiger partial charge in [-0.25, -0.2) is 0 Å². The number of nitrogen functional groups attached to an aromatic ring is 1. The molecule has 2 aromatic rings. The van der Waals surface area contributed by atoms with Crippen LogP contribution in [0.2, 0.25) is 0 Å². The van der Waals surface area contributed by atoms with Crippen molar-refractivity contribution in [3.05, 3.63) is 48.3 Å². The zero-order valence-electron chi connectivity index (χ0n) is 10.0. The van der Waals surface area contributed by atoms with Gasteiger partial charge in [0.2, 0.25) is 5.91 Å². The van der Waals surface area contributed by atoms with Crippen LogP contribution in [0.3, 0.4) is 0 Å². The Morgan fingerprint density at radius 3 is 2.78 bits per heavy atom. The van der Waals surface area contributed by atoms with Gasteiger partial charge in [0.15, 0.2) is 0 Å². The Labute approximate surface area is 106 Å². The van der Waals surface area contributed by atoms with Gasteiger partial charge in [-0.1, -0.05) is 30.3 Å². The van der Waals surface area contributed by atoms with Crippen molar-refractivity contribution < 1.29 is 4.79 Å². The molecular weight excluding hydrogens is 228 g/mol. The highest BCUT2D eigenvalue weighted by Crippen LogP contribution is 1.99. The number of nitrogens with zero attached hydrogens (tertiary/aromatic N) is 2. The zero-order chi connectivity index (χ0) is 12.8. The van der Waals surface area contributed by atoms with E-state index in [2.05, 4.69) is 10.4 Å². The van der Waals surface area contributed by atoms with Gasteiger partial charge in [-0.15, -0.1) is 0 Å². The van der Waals surface area contributed by atoms with Gasteiger partial charge < -0.3 is 11.1 Å². The lowest BCUT2D eigenvalue weighted by molar-refractivity contribution is -0.120. The first-order valence-corrected chi connectivity index (χ1v) is 5.82. The van der Waals surface area contributed by atoms with E-state index in [1.54, 1.807) is 17.1 Å². The molecule has 0 spiro atoms. The van der Waals surface area contributed by atoms with Crippen molar-refractivity contribution in [2.75, 3.05) is 12.3 Å². The van der Waals surface area contributed by atoms with Crippen molar-refractivity contribution in [3.8, 4) is 0 Å². The van der Waals surface area contributed by atoms with Crippen LogP contribution in [0, 0.1) is 0 Å². The average Bonchev–Trinajstić information content (AvgIpc) is 2.76. The topological polar surface area (TPSA) is 72.9 Å². The van der Waals surface area contributed by atoms with Crippen LogP contribution < -0.4 is 11.1 Å². The van der Waals surface area contributed by atoms with Gasteiger partial charge in [0.1, 0.15) is 0 Å². The zero-order valence-corrected chi connectivity index (χ0v) is 10.0. The minimum Gasteiger partial charge on any atom is -0.396 e. The number of benzene rings is 1. The van der Waals surface area contributed by atoms with Crippen LogP contribution in [-0.2, 0) is 17.8 Å². The molecule has 0 atom stereocenters. The molecule has 1 aromatic carbocycles. The van der Waals surface area contributed by atoms with Crippen LogP contribution in [0.5, 0.6) is 0 Å². The van der Waals surface area contributed by atoms with Gasteiger partial charge in [0.25, 0.3) is 0 Å². The summed E-state index contributed by atoms with van der Waals surface area (Å²) in [5.41, 5.74) is 7.18. The van der Waals surface area contributed by atoms with Crippen molar-refractivity contribution in [1.29, 1.82) is 0 Å². The second-order valence-electron chi connectivity index (χ2n) is 4.05. The SMILES string of the molecule is Nc1cnn(CCNC(=O)Cc2ccccc2)c1. The number of aromatic nitrogens is 2. The minimum absolute atomic E-state index is 0.0151. The van der Waals surface area contributed by atoms with E-state index in [4.69, 9.17) is 5.73 Å². The second-order valence-corrected chi connectivity index (χ2v) is 4.05. The molecule has 5 heteroatoms. The number of carbonyl (C=O) groups is 1. The fourth-order valence-electron chi connectivity index (χ4n) is 1.66. The lowest BCUT2D eigenvalue weighted by Gasteiger charge is -2.05. The van der Waals surface area contributed by atoms with Gasteiger partial charge in [-0.3, -0.25) is 9.48 Å². The van der Waals surface area contributed by atoms with Crippen LogP contribution in [-0.4, -0.2) is 22.2 Å². The van der Waals surface area contributed by atoms with Crippen molar-refractivity contribution in [3.63, 3.8) is 0 Å². The van der Waals surface area contributed by atoms with Gasteiger partial charge in [0.05, 0.1) is 24.8 Å². The average molecular weight is 244 g/mol. The maximum atomic E-state index is 11.6. The van der Waals surface area contributed by atoms with E-state index in [0.29, 0.717) is 25.2 Å². The van der Waals surface area contributed by atoms with Crippen molar-refractivity contribution >= 4 is 11.6 Å². The van der Waals surface area contributed by atoms with E-state index in [-0.39, 0.29) is 5.91 Å². The Morgan fingerprint density at radius 2 is 2.11 bits per heavy atom. The quantitative estimate of drug-likeness (QED) is 0.818. The fraction of sp³-hybridized carbons (Fsp3) is 0.231. The third-order valence-electron chi connectivity index (χ3n) is 2.52. The molecule has 0 aliphatic carbocycles. The molecule has 0 unspecified atom stereocenters. The van der Waals surface area contributed by atoms with E-state index in [0.717, 1.165) is 5.56 Å². The highest BCUT2D eigenvalue weighted by molar-refractivity contribution is 5.78. The largest absolute Gasteiger partial charge is 0.396 e. The second kappa shape index (κ2) is 5.86. The number of anilines is 1. The summed E-state index contributed by atoms with van der Waals surface area (Å²) in [6.45, 7) is 1.17. The summed E-state index contributed by atoms with van der Waals surface area (Å²) in [6, 6.07) is 9.66. The molecule has 1 amide bonds. The van der Waals surface area contributed by atoms with Crippen molar-refractivity contribution in [2.45, 2.75) is 13.0 Å². The van der Waals surface area contributed by atoms with Crippen LogP contribution in [0.4, 0.5) is 5.69 Å². The molecule has 2 rings (SSSR count). The Kier molecular flexibility index (Phi) is 3.96. The molecule has 5 nitrogen and oxygen atoms in total. The molecule has 0 saturated carbocycles. The van der Waals surface area contributed by atoms with Gasteiger partial charge in [0, 0.05) is 12.7 Å². The van der Waals surface area contributed by atoms with E-state index >= 15 is 0 Å². The Balaban J connectivity index is 1.72. The van der Waals surface area contributed by atoms with Crippen molar-refractivity contribution in [1.82, 2.24) is 15.1 Å². The summed E-state index contributed by atoms with van der Waals surface area (Å²) in [5.74, 6) is 0.0151. The number of nitrogens with one attached hydrogen (secondary N) is 1. The Bertz CT molecular complexity index is 507. The number of amides is 1. The summed E-state index contributed by atoms with van der Waals surface area (Å²) >= 11 is 0. The van der Waals surface area contributed by atoms with Gasteiger partial charge in [-0.05, 0) is 5.56 Å². The molecule has 18 heavy (non-hydrogen) atoms. The van der Waals surface area contributed by atoms with Crippen LogP contribution in [0.25, 0.3) is 0 Å². The van der Waals surface area contributed by atoms with Crippen LogP contribution in [0.15, 0.2) is 42.7 Å². The number of carbonyl (C=O) groups excluding carboxylic acids is 1. The standard InChI is InChI=1S/C13H16N4O/c14-12-9-16-17(10-12)7-6-15-13(18)8-11-4-2-1-3-5-11/h1-5,9-10H,6-8,14H2,(H,15,18). The van der Waals surface area contributed by atoms with Gasteiger partial charge >= 0.3 is 0 Å². The molecule has 0 aliphatic heterocycles. The van der Waals surface area contributed by atoms with E-state index in [1.807, 2.05) is 30.3 Å². The van der Waals surface area contributed by atoms with Crippen LogP contribution >= 0.6 is 0 Å². The lowest BCUT2D eigenvalue weighted by atomic mass is 10.1. The molecule has 94 valence electrons. The number of hydrogen-bond donors (Lipinski definition) is 2.